The summed E-state index contributed by atoms with van der Waals surface area (Å²) < 4.78 is 0. The van der Waals surface area contributed by atoms with Crippen LogP contribution in [-0.4, -0.2) is 34.2 Å². The Kier molecular flexibility index (Phi) is 6.54. The molecule has 30 heavy (non-hydrogen) atoms. The lowest BCUT2D eigenvalue weighted by atomic mass is 9.54. The van der Waals surface area contributed by atoms with Crippen molar-refractivity contribution in [3.63, 3.8) is 0 Å². The Morgan fingerprint density at radius 3 is 0.967 bits per heavy atom. The van der Waals surface area contributed by atoms with E-state index in [2.05, 4.69) is 0 Å². The van der Waals surface area contributed by atoms with Gasteiger partial charge in [0.2, 0.25) is 0 Å². The van der Waals surface area contributed by atoms with Gasteiger partial charge >= 0.3 is 11.9 Å². The first-order chi connectivity index (χ1) is 14.3. The van der Waals surface area contributed by atoms with E-state index >= 15 is 0 Å². The van der Waals surface area contributed by atoms with Crippen molar-refractivity contribution >= 4 is 11.9 Å². The van der Waals surface area contributed by atoms with E-state index in [4.69, 9.17) is 21.7 Å². The molecule has 8 fully saturated rings. The maximum absolute atomic E-state index is 9.55. The Balaban J connectivity index is 0.000000111. The number of hydrogen-bond acceptors (Lipinski definition) is 4. The molecule has 6 heteroatoms. The number of carbonyl (C=O) groups is 2. The zero-order chi connectivity index (χ0) is 21.4. The second kappa shape index (κ2) is 8.99. The second-order valence-corrected chi connectivity index (χ2v) is 11.0. The topological polar surface area (TPSA) is 127 Å². The highest BCUT2D eigenvalue weighted by Gasteiger charge is 2.47. The van der Waals surface area contributed by atoms with Gasteiger partial charge in [0.1, 0.15) is 0 Å². The molecular formula is C24H38N2O4. The van der Waals surface area contributed by atoms with Crippen LogP contribution in [0.5, 0.6) is 0 Å². The predicted molar refractivity (Wildman–Crippen MR) is 114 cm³/mol. The van der Waals surface area contributed by atoms with Crippen molar-refractivity contribution in [2.75, 3.05) is 0 Å². The van der Waals surface area contributed by atoms with Crippen molar-refractivity contribution in [3.05, 3.63) is 12.2 Å². The van der Waals surface area contributed by atoms with E-state index in [1.165, 1.54) is 51.4 Å². The lowest BCUT2D eigenvalue weighted by Gasteiger charge is -2.53. The molecule has 0 atom stereocenters. The number of rotatable bonds is 2. The van der Waals surface area contributed by atoms with Crippen LogP contribution in [-0.2, 0) is 9.59 Å². The monoisotopic (exact) mass is 418 g/mol. The van der Waals surface area contributed by atoms with E-state index in [1.807, 2.05) is 0 Å². The molecule has 8 aliphatic carbocycles. The first kappa shape index (κ1) is 21.8. The molecule has 0 saturated heterocycles. The maximum atomic E-state index is 9.55. The first-order valence-electron chi connectivity index (χ1n) is 11.9. The highest BCUT2D eigenvalue weighted by Crippen LogP contribution is 2.53. The van der Waals surface area contributed by atoms with Crippen LogP contribution in [0.15, 0.2) is 12.2 Å². The lowest BCUT2D eigenvalue weighted by Crippen LogP contribution is -2.52. The quantitative estimate of drug-likeness (QED) is 0.510. The fraction of sp³-hybridized carbons (Fsp3) is 0.833. The van der Waals surface area contributed by atoms with Crippen molar-refractivity contribution < 1.29 is 19.8 Å². The van der Waals surface area contributed by atoms with Crippen LogP contribution in [0.25, 0.3) is 0 Å². The van der Waals surface area contributed by atoms with Gasteiger partial charge in [-0.2, -0.15) is 0 Å². The summed E-state index contributed by atoms with van der Waals surface area (Å²) >= 11 is 0. The van der Waals surface area contributed by atoms with Crippen molar-refractivity contribution in [2.45, 2.75) is 76.3 Å². The standard InChI is InChI=1S/2C10H17N.C4H4O4/c2*11-10-8-2-6-1-7(4-8)5-9(10)3-6;5-3(6)1-2-4(7)8/h2*6-10H,1-5,11H2;1-2H,(H,5,6)(H,7,8)/b;;2-1+. The minimum Gasteiger partial charge on any atom is -0.478 e. The van der Waals surface area contributed by atoms with Gasteiger partial charge in [0.15, 0.2) is 0 Å². The predicted octanol–water partition coefficient (Wildman–Crippen LogP) is 3.25. The van der Waals surface area contributed by atoms with Gasteiger partial charge in [0.25, 0.3) is 0 Å². The third-order valence-electron chi connectivity index (χ3n) is 8.97. The van der Waals surface area contributed by atoms with E-state index in [0.29, 0.717) is 24.2 Å². The van der Waals surface area contributed by atoms with Crippen LogP contribution in [0.2, 0.25) is 0 Å². The molecule has 6 nitrogen and oxygen atoms in total. The summed E-state index contributed by atoms with van der Waals surface area (Å²) in [5.74, 6) is 5.50. The molecular weight excluding hydrogens is 380 g/mol. The van der Waals surface area contributed by atoms with Crippen LogP contribution in [0, 0.1) is 47.3 Å². The molecule has 0 heterocycles. The molecule has 8 rings (SSSR count). The molecule has 8 saturated carbocycles. The number of nitrogens with two attached hydrogens (primary N) is 2. The Hall–Kier alpha value is -1.40. The van der Waals surface area contributed by atoms with Gasteiger partial charge in [0, 0.05) is 24.2 Å². The Bertz CT molecular complexity index is 564. The molecule has 8 bridgehead atoms. The van der Waals surface area contributed by atoms with Gasteiger partial charge in [0.05, 0.1) is 0 Å². The van der Waals surface area contributed by atoms with Crippen LogP contribution >= 0.6 is 0 Å². The van der Waals surface area contributed by atoms with Gasteiger partial charge in [-0.25, -0.2) is 9.59 Å². The molecule has 0 aromatic rings. The molecule has 0 amide bonds. The Labute approximate surface area is 179 Å². The second-order valence-electron chi connectivity index (χ2n) is 11.0. The van der Waals surface area contributed by atoms with Gasteiger partial charge in [-0.3, -0.25) is 0 Å². The minimum absolute atomic E-state index is 0.558. The summed E-state index contributed by atoms with van der Waals surface area (Å²) in [4.78, 5) is 19.1. The smallest absolute Gasteiger partial charge is 0.328 e. The molecule has 0 aromatic heterocycles. The summed E-state index contributed by atoms with van der Waals surface area (Å²) in [6.45, 7) is 0. The van der Waals surface area contributed by atoms with E-state index in [1.54, 1.807) is 12.8 Å². The van der Waals surface area contributed by atoms with Crippen LogP contribution in [0.3, 0.4) is 0 Å². The molecule has 0 unspecified atom stereocenters. The van der Waals surface area contributed by atoms with Crippen molar-refractivity contribution in [3.8, 4) is 0 Å². The van der Waals surface area contributed by atoms with Crippen molar-refractivity contribution in [1.29, 1.82) is 0 Å². The average molecular weight is 419 g/mol. The summed E-state index contributed by atoms with van der Waals surface area (Å²) in [7, 11) is 0. The van der Waals surface area contributed by atoms with E-state index in [0.717, 1.165) is 47.3 Å². The number of carboxylic acid groups (broad SMARTS) is 2. The molecule has 0 aliphatic heterocycles. The van der Waals surface area contributed by atoms with Gasteiger partial charge < -0.3 is 21.7 Å². The third-order valence-corrected chi connectivity index (χ3v) is 8.97. The molecule has 0 spiro atoms. The fourth-order valence-electron chi connectivity index (χ4n) is 8.08. The van der Waals surface area contributed by atoms with Gasteiger partial charge in [-0.1, -0.05) is 0 Å². The summed E-state index contributed by atoms with van der Waals surface area (Å²) in [5, 5.41) is 15.6. The number of aliphatic carboxylic acids is 2. The average Bonchev–Trinajstić information content (AvgIpc) is 2.68. The number of carboxylic acids is 2. The maximum Gasteiger partial charge on any atom is 0.328 e. The molecule has 0 radical (unpaired) electrons. The SMILES string of the molecule is NC1C2CC3CC(C2)CC1C3.NC1C2CC3CC(C2)CC1C3.O=C(O)/C=C/C(=O)O. The summed E-state index contributed by atoms with van der Waals surface area (Å²) in [6.07, 6.45) is 15.9. The first-order valence-corrected chi connectivity index (χ1v) is 11.9. The minimum atomic E-state index is -1.26. The van der Waals surface area contributed by atoms with E-state index < -0.39 is 11.9 Å². The highest BCUT2D eigenvalue weighted by atomic mass is 16.4. The lowest BCUT2D eigenvalue weighted by molar-refractivity contribution is -0.134. The third kappa shape index (κ3) is 4.91. The van der Waals surface area contributed by atoms with E-state index in [-0.39, 0.29) is 0 Å². The fourth-order valence-corrected chi connectivity index (χ4v) is 8.08. The Morgan fingerprint density at radius 2 is 0.767 bits per heavy atom. The van der Waals surface area contributed by atoms with Crippen LogP contribution in [0.4, 0.5) is 0 Å². The zero-order valence-electron chi connectivity index (χ0n) is 17.9. The zero-order valence-corrected chi connectivity index (χ0v) is 17.9. The summed E-state index contributed by atoms with van der Waals surface area (Å²) in [6, 6.07) is 1.17. The summed E-state index contributed by atoms with van der Waals surface area (Å²) in [5.41, 5.74) is 12.3. The van der Waals surface area contributed by atoms with Crippen LogP contribution < -0.4 is 11.5 Å². The number of hydrogen-bond donors (Lipinski definition) is 4. The van der Waals surface area contributed by atoms with Crippen molar-refractivity contribution in [1.82, 2.24) is 0 Å². The van der Waals surface area contributed by atoms with Crippen LogP contribution in [0.1, 0.15) is 64.2 Å². The highest BCUT2D eigenvalue weighted by molar-refractivity contribution is 5.89. The van der Waals surface area contributed by atoms with E-state index in [9.17, 15) is 9.59 Å². The van der Waals surface area contributed by atoms with Gasteiger partial charge in [-0.15, -0.1) is 0 Å². The largest absolute Gasteiger partial charge is 0.478 e. The normalized spacial score (nSPS) is 46.7. The molecule has 168 valence electrons. The molecule has 0 aromatic carbocycles. The van der Waals surface area contributed by atoms with Crippen molar-refractivity contribution in [2.24, 2.45) is 58.8 Å². The van der Waals surface area contributed by atoms with Gasteiger partial charge in [-0.05, 0) is 112 Å². The molecule has 8 aliphatic rings. The Morgan fingerprint density at radius 1 is 0.533 bits per heavy atom. The molecule has 6 N–H and O–H groups in total.